The molecule has 5 saturated carbocycles. The van der Waals surface area contributed by atoms with Gasteiger partial charge in [0.2, 0.25) is 0 Å². The summed E-state index contributed by atoms with van der Waals surface area (Å²) in [4.78, 5) is 2.94. The summed E-state index contributed by atoms with van der Waals surface area (Å²) in [5.74, 6) is 4.32. The molecule has 1 heteroatoms. The molecule has 0 radical (unpaired) electrons. The van der Waals surface area contributed by atoms with E-state index in [-0.39, 0.29) is 0 Å². The molecule has 6 rings (SSSR count). The monoisotopic (exact) mass is 287 g/mol. The normalized spacial score (nSPS) is 57.3. The van der Waals surface area contributed by atoms with E-state index in [1.807, 2.05) is 0 Å². The van der Waals surface area contributed by atoms with Gasteiger partial charge in [-0.15, -0.1) is 0 Å². The van der Waals surface area contributed by atoms with Gasteiger partial charge in [-0.1, -0.05) is 20.8 Å². The first kappa shape index (κ1) is 13.4. The van der Waals surface area contributed by atoms with Gasteiger partial charge in [0.1, 0.15) is 0 Å². The summed E-state index contributed by atoms with van der Waals surface area (Å²) < 4.78 is 0. The van der Waals surface area contributed by atoms with Gasteiger partial charge in [0, 0.05) is 19.6 Å². The highest BCUT2D eigenvalue weighted by atomic mass is 15.2. The fourth-order valence-electron chi connectivity index (χ4n) is 7.93. The zero-order valence-corrected chi connectivity index (χ0v) is 14.3. The predicted molar refractivity (Wildman–Crippen MR) is 87.0 cm³/mol. The molecular formula is C20H33N. The Morgan fingerprint density at radius 1 is 0.952 bits per heavy atom. The molecule has 4 unspecified atom stereocenters. The van der Waals surface area contributed by atoms with Crippen LogP contribution in [0.5, 0.6) is 0 Å². The first-order valence-electron chi connectivity index (χ1n) is 9.63. The standard InChI is InChI=1S/C20H33N/c1-18(2)16-4-5-19(18,3)12-21(11-16)13-20-9-14-6-15(10-20)8-17(20)7-14/h14-17H,4-13H2,1-3H3. The van der Waals surface area contributed by atoms with Crippen LogP contribution in [0.15, 0.2) is 0 Å². The van der Waals surface area contributed by atoms with Gasteiger partial charge in [0.15, 0.2) is 0 Å². The number of fused-ring (bicyclic) bond motifs is 2. The zero-order chi connectivity index (χ0) is 14.5. The Bertz CT molecular complexity index is 452. The van der Waals surface area contributed by atoms with E-state index < -0.39 is 0 Å². The first-order valence-corrected chi connectivity index (χ1v) is 9.63. The average Bonchev–Trinajstić information content (AvgIpc) is 2.79. The van der Waals surface area contributed by atoms with Gasteiger partial charge in [-0.3, -0.25) is 0 Å². The van der Waals surface area contributed by atoms with Crippen LogP contribution in [0.25, 0.3) is 0 Å². The van der Waals surface area contributed by atoms with Crippen LogP contribution in [0.1, 0.15) is 65.7 Å². The van der Waals surface area contributed by atoms with Crippen LogP contribution >= 0.6 is 0 Å². The summed E-state index contributed by atoms with van der Waals surface area (Å²) in [5, 5.41) is 0. The van der Waals surface area contributed by atoms with Crippen LogP contribution in [0.3, 0.4) is 0 Å². The molecule has 0 aromatic carbocycles. The van der Waals surface area contributed by atoms with E-state index in [0.717, 1.165) is 29.1 Å². The van der Waals surface area contributed by atoms with Crippen LogP contribution in [-0.2, 0) is 0 Å². The van der Waals surface area contributed by atoms with Crippen molar-refractivity contribution in [2.45, 2.75) is 65.7 Å². The molecule has 0 aromatic rings. The predicted octanol–water partition coefficient (Wildman–Crippen LogP) is 4.57. The Morgan fingerprint density at radius 3 is 2.33 bits per heavy atom. The smallest absolute Gasteiger partial charge is 0.00412 e. The lowest BCUT2D eigenvalue weighted by atomic mass is 9.63. The minimum absolute atomic E-state index is 0.577. The summed E-state index contributed by atoms with van der Waals surface area (Å²) in [6, 6.07) is 0. The third-order valence-corrected chi connectivity index (χ3v) is 9.37. The van der Waals surface area contributed by atoms with Crippen molar-refractivity contribution >= 4 is 0 Å². The Hall–Kier alpha value is -0.0400. The second-order valence-electron chi connectivity index (χ2n) is 10.6. The molecule has 1 saturated heterocycles. The van der Waals surface area contributed by atoms with Crippen LogP contribution in [0, 0.1) is 39.9 Å². The summed E-state index contributed by atoms with van der Waals surface area (Å²) >= 11 is 0. The lowest BCUT2D eigenvalue weighted by molar-refractivity contribution is -0.0384. The molecule has 1 aliphatic heterocycles. The maximum absolute atomic E-state index is 2.94. The van der Waals surface area contributed by atoms with Crippen LogP contribution in [0.4, 0.5) is 0 Å². The Morgan fingerprint density at radius 2 is 1.67 bits per heavy atom. The Balaban J connectivity index is 1.37. The van der Waals surface area contributed by atoms with E-state index in [1.54, 1.807) is 32.1 Å². The second-order valence-corrected chi connectivity index (χ2v) is 10.6. The number of rotatable bonds is 2. The lowest BCUT2D eigenvalue weighted by Gasteiger charge is -2.52. The minimum atomic E-state index is 0.577. The number of hydrogen-bond donors (Lipinski definition) is 0. The van der Waals surface area contributed by atoms with Gasteiger partial charge in [-0.2, -0.15) is 0 Å². The van der Waals surface area contributed by atoms with Gasteiger partial charge >= 0.3 is 0 Å². The summed E-state index contributed by atoms with van der Waals surface area (Å²) in [7, 11) is 0. The topological polar surface area (TPSA) is 3.24 Å². The molecule has 6 bridgehead atoms. The van der Waals surface area contributed by atoms with E-state index >= 15 is 0 Å². The molecule has 0 N–H and O–H groups in total. The molecule has 0 spiro atoms. The molecule has 6 fully saturated rings. The van der Waals surface area contributed by atoms with E-state index in [1.165, 1.54) is 32.5 Å². The number of likely N-dealkylation sites (tertiary alicyclic amines) is 1. The van der Waals surface area contributed by atoms with Crippen molar-refractivity contribution in [1.82, 2.24) is 4.90 Å². The molecule has 4 atom stereocenters. The molecule has 0 amide bonds. The van der Waals surface area contributed by atoms with Gasteiger partial charge in [0.25, 0.3) is 0 Å². The van der Waals surface area contributed by atoms with Gasteiger partial charge in [0.05, 0.1) is 0 Å². The molecule has 1 heterocycles. The first-order chi connectivity index (χ1) is 9.90. The van der Waals surface area contributed by atoms with E-state index in [9.17, 15) is 0 Å². The fourth-order valence-corrected chi connectivity index (χ4v) is 7.93. The van der Waals surface area contributed by atoms with Crippen molar-refractivity contribution in [3.63, 3.8) is 0 Å². The minimum Gasteiger partial charge on any atom is -0.302 e. The van der Waals surface area contributed by atoms with Crippen molar-refractivity contribution in [3.05, 3.63) is 0 Å². The van der Waals surface area contributed by atoms with Gasteiger partial charge in [-0.05, 0) is 84.9 Å². The highest BCUT2D eigenvalue weighted by molar-refractivity contribution is 5.11. The SMILES string of the molecule is CC12CCC(CN(CC34CC5CC(CC3C5)C4)C1)C2(C)C. The Kier molecular flexibility index (Phi) is 2.48. The molecule has 6 aliphatic rings. The molecule has 1 nitrogen and oxygen atoms in total. The fraction of sp³-hybridized carbons (Fsp3) is 1.00. The van der Waals surface area contributed by atoms with Gasteiger partial charge < -0.3 is 4.90 Å². The largest absolute Gasteiger partial charge is 0.302 e. The van der Waals surface area contributed by atoms with Crippen molar-refractivity contribution in [2.75, 3.05) is 19.6 Å². The van der Waals surface area contributed by atoms with Crippen LogP contribution < -0.4 is 0 Å². The number of piperidine rings is 1. The molecule has 118 valence electrons. The maximum Gasteiger partial charge on any atom is 0.00412 e. The molecule has 0 aromatic heterocycles. The van der Waals surface area contributed by atoms with Crippen molar-refractivity contribution in [2.24, 2.45) is 39.9 Å². The van der Waals surface area contributed by atoms with E-state index in [0.29, 0.717) is 10.8 Å². The second kappa shape index (κ2) is 3.89. The summed E-state index contributed by atoms with van der Waals surface area (Å²) in [6.45, 7) is 12.0. The quantitative estimate of drug-likeness (QED) is 0.719. The number of hydrogen-bond acceptors (Lipinski definition) is 1. The van der Waals surface area contributed by atoms with Crippen molar-refractivity contribution in [3.8, 4) is 0 Å². The molecule has 5 aliphatic carbocycles. The van der Waals surface area contributed by atoms with Crippen LogP contribution in [-0.4, -0.2) is 24.5 Å². The maximum atomic E-state index is 2.94. The Labute approximate surface area is 130 Å². The van der Waals surface area contributed by atoms with E-state index in [2.05, 4.69) is 25.7 Å². The zero-order valence-electron chi connectivity index (χ0n) is 14.3. The average molecular weight is 287 g/mol. The highest BCUT2D eigenvalue weighted by Gasteiger charge is 2.60. The van der Waals surface area contributed by atoms with Crippen molar-refractivity contribution < 1.29 is 0 Å². The molecule has 21 heavy (non-hydrogen) atoms. The van der Waals surface area contributed by atoms with Crippen LogP contribution in [0.2, 0.25) is 0 Å². The third-order valence-electron chi connectivity index (χ3n) is 9.37. The summed E-state index contributed by atoms with van der Waals surface area (Å²) in [5.41, 5.74) is 1.93. The number of nitrogens with zero attached hydrogens (tertiary/aromatic N) is 1. The highest BCUT2D eigenvalue weighted by Crippen LogP contribution is 2.66. The third kappa shape index (κ3) is 1.62. The lowest BCUT2D eigenvalue weighted by Crippen LogP contribution is -2.54. The van der Waals surface area contributed by atoms with Crippen molar-refractivity contribution in [1.29, 1.82) is 0 Å². The molecular weight excluding hydrogens is 254 g/mol. The summed E-state index contributed by atoms with van der Waals surface area (Å²) in [6.07, 6.45) is 10.9. The van der Waals surface area contributed by atoms with Gasteiger partial charge in [-0.25, -0.2) is 0 Å². The van der Waals surface area contributed by atoms with E-state index in [4.69, 9.17) is 0 Å².